The molecule has 6 heteroatoms. The highest BCUT2D eigenvalue weighted by molar-refractivity contribution is 5.71. The molecule has 59 heavy (non-hydrogen) atoms. The van der Waals surface area contributed by atoms with E-state index in [1.54, 1.807) is 0 Å². The van der Waals surface area contributed by atoms with Crippen LogP contribution < -0.4 is 0 Å². The van der Waals surface area contributed by atoms with Gasteiger partial charge in [0.25, 0.3) is 0 Å². The fraction of sp³-hybridized carbons (Fsp3) is 0.830. The Morgan fingerprint density at radius 1 is 0.339 bits per heavy atom. The summed E-state index contributed by atoms with van der Waals surface area (Å²) in [5.41, 5.74) is 0. The van der Waals surface area contributed by atoms with Gasteiger partial charge in [-0.2, -0.15) is 0 Å². The Bertz CT molecular complexity index is 1000. The fourth-order valence-electron chi connectivity index (χ4n) is 7.23. The molecule has 0 fully saturated rings. The number of esters is 3. The van der Waals surface area contributed by atoms with Crippen molar-refractivity contribution >= 4 is 17.9 Å². The molecular formula is C53H96O6. The molecule has 0 rings (SSSR count). The minimum absolute atomic E-state index is 0.0779. The van der Waals surface area contributed by atoms with Crippen LogP contribution in [0.15, 0.2) is 36.5 Å². The van der Waals surface area contributed by atoms with Crippen LogP contribution in [0.1, 0.15) is 265 Å². The highest BCUT2D eigenvalue weighted by Crippen LogP contribution is 2.15. The molecule has 0 aromatic rings. The second-order valence-corrected chi connectivity index (χ2v) is 17.1. The molecule has 1 atom stereocenters. The highest BCUT2D eigenvalue weighted by Gasteiger charge is 2.19. The number of rotatable bonds is 46. The highest BCUT2D eigenvalue weighted by atomic mass is 16.6. The Labute approximate surface area is 365 Å². The summed E-state index contributed by atoms with van der Waals surface area (Å²) >= 11 is 0. The van der Waals surface area contributed by atoms with E-state index in [1.807, 2.05) is 0 Å². The van der Waals surface area contributed by atoms with Crippen molar-refractivity contribution in [3.05, 3.63) is 36.5 Å². The largest absolute Gasteiger partial charge is 0.462 e. The van der Waals surface area contributed by atoms with Gasteiger partial charge in [-0.1, -0.05) is 205 Å². The maximum absolute atomic E-state index is 12.8. The average molecular weight is 829 g/mol. The van der Waals surface area contributed by atoms with Crippen LogP contribution in [0.2, 0.25) is 0 Å². The zero-order chi connectivity index (χ0) is 43.0. The van der Waals surface area contributed by atoms with E-state index in [0.717, 1.165) is 89.9 Å². The summed E-state index contributed by atoms with van der Waals surface area (Å²) < 4.78 is 16.8. The van der Waals surface area contributed by atoms with E-state index in [9.17, 15) is 14.4 Å². The first-order chi connectivity index (χ1) is 29.0. The second-order valence-electron chi connectivity index (χ2n) is 17.1. The third kappa shape index (κ3) is 46.5. The topological polar surface area (TPSA) is 78.9 Å². The van der Waals surface area contributed by atoms with Crippen LogP contribution in [-0.2, 0) is 28.6 Å². The third-order valence-corrected chi connectivity index (χ3v) is 11.1. The summed E-state index contributed by atoms with van der Waals surface area (Å²) in [5, 5.41) is 0. The van der Waals surface area contributed by atoms with Crippen molar-refractivity contribution < 1.29 is 28.6 Å². The van der Waals surface area contributed by atoms with Gasteiger partial charge in [-0.25, -0.2) is 0 Å². The van der Waals surface area contributed by atoms with Crippen molar-refractivity contribution in [2.45, 2.75) is 271 Å². The molecule has 0 aromatic heterocycles. The molecule has 0 radical (unpaired) electrons. The average Bonchev–Trinajstić information content (AvgIpc) is 3.23. The van der Waals surface area contributed by atoms with E-state index < -0.39 is 6.10 Å². The molecule has 6 nitrogen and oxygen atoms in total. The lowest BCUT2D eigenvalue weighted by Crippen LogP contribution is -2.30. The first-order valence-electron chi connectivity index (χ1n) is 25.5. The number of carbonyl (C=O) groups is 3. The molecule has 0 saturated carbocycles. The molecule has 0 aromatic carbocycles. The molecule has 0 amide bonds. The van der Waals surface area contributed by atoms with Gasteiger partial charge in [-0.05, 0) is 77.0 Å². The van der Waals surface area contributed by atoms with Crippen molar-refractivity contribution in [1.29, 1.82) is 0 Å². The summed E-state index contributed by atoms with van der Waals surface area (Å²) in [6.07, 6.45) is 55.5. The van der Waals surface area contributed by atoms with Crippen molar-refractivity contribution in [1.82, 2.24) is 0 Å². The van der Waals surface area contributed by atoms with E-state index in [-0.39, 0.29) is 31.1 Å². The van der Waals surface area contributed by atoms with Crippen LogP contribution in [0.3, 0.4) is 0 Å². The number of carbonyl (C=O) groups excluding carboxylic acids is 3. The van der Waals surface area contributed by atoms with Gasteiger partial charge in [0.1, 0.15) is 13.2 Å². The van der Waals surface area contributed by atoms with Gasteiger partial charge >= 0.3 is 17.9 Å². The molecule has 0 bridgehead atoms. The monoisotopic (exact) mass is 829 g/mol. The molecule has 1 unspecified atom stereocenters. The van der Waals surface area contributed by atoms with Crippen LogP contribution in [0.4, 0.5) is 0 Å². The molecule has 0 N–H and O–H groups in total. The summed E-state index contributed by atoms with van der Waals surface area (Å²) in [7, 11) is 0. The van der Waals surface area contributed by atoms with Crippen molar-refractivity contribution in [3.63, 3.8) is 0 Å². The lowest BCUT2D eigenvalue weighted by Gasteiger charge is -2.18. The van der Waals surface area contributed by atoms with Crippen LogP contribution >= 0.6 is 0 Å². The zero-order valence-corrected chi connectivity index (χ0v) is 39.3. The Hall–Kier alpha value is -2.37. The van der Waals surface area contributed by atoms with Crippen molar-refractivity contribution in [2.75, 3.05) is 13.2 Å². The summed E-state index contributed by atoms with van der Waals surface area (Å²) in [6, 6.07) is 0. The predicted octanol–water partition coefficient (Wildman–Crippen LogP) is 16.5. The molecule has 344 valence electrons. The molecule has 0 aliphatic heterocycles. The van der Waals surface area contributed by atoms with Crippen LogP contribution in [0.25, 0.3) is 0 Å². The molecule has 0 aliphatic carbocycles. The van der Waals surface area contributed by atoms with Gasteiger partial charge < -0.3 is 14.2 Å². The standard InChI is InChI=1S/C53H96O6/c1-4-7-10-13-16-19-22-24-26-28-31-34-37-40-43-46-52(55)58-49-50(48-57-51(54)45-42-39-36-33-30-21-18-15-12-9-6-3)59-53(56)47-44-41-38-35-32-29-27-25-23-20-17-14-11-8-5-2/h17,20,24-27,50H,4-16,18-19,21-23,28-49H2,1-3H3/b20-17-,26-24-,27-25-. The molecule has 0 spiro atoms. The van der Waals surface area contributed by atoms with E-state index in [1.165, 1.54) is 135 Å². The van der Waals surface area contributed by atoms with Gasteiger partial charge in [0.15, 0.2) is 6.10 Å². The van der Waals surface area contributed by atoms with Crippen molar-refractivity contribution in [3.8, 4) is 0 Å². The SMILES string of the molecule is CCCCC/C=C\C/C=C\CCCCCCCC(=O)OC(COC(=O)CCCCCCC/C=C\CCCCCCCC)COC(=O)CCCCCCCCCCCCC. The van der Waals surface area contributed by atoms with Crippen molar-refractivity contribution in [2.24, 2.45) is 0 Å². The Morgan fingerprint density at radius 2 is 0.610 bits per heavy atom. The van der Waals surface area contributed by atoms with E-state index in [4.69, 9.17) is 14.2 Å². The normalized spacial score (nSPS) is 12.3. The molecule has 0 saturated heterocycles. The van der Waals surface area contributed by atoms with E-state index in [0.29, 0.717) is 19.3 Å². The third-order valence-electron chi connectivity index (χ3n) is 11.1. The molecule has 0 heterocycles. The lowest BCUT2D eigenvalue weighted by atomic mass is 10.1. The van der Waals surface area contributed by atoms with Crippen LogP contribution in [0.5, 0.6) is 0 Å². The Balaban J connectivity index is 4.38. The number of ether oxygens (including phenoxy) is 3. The second kappa shape index (κ2) is 48.3. The maximum Gasteiger partial charge on any atom is 0.306 e. The quantitative estimate of drug-likeness (QED) is 0.0263. The van der Waals surface area contributed by atoms with Gasteiger partial charge in [-0.3, -0.25) is 14.4 Å². The predicted molar refractivity (Wildman–Crippen MR) is 252 cm³/mol. The summed E-state index contributed by atoms with van der Waals surface area (Å²) in [6.45, 7) is 6.59. The van der Waals surface area contributed by atoms with E-state index in [2.05, 4.69) is 57.2 Å². The number of hydrogen-bond acceptors (Lipinski definition) is 6. The summed E-state index contributed by atoms with van der Waals surface area (Å²) in [5.74, 6) is -0.893. The lowest BCUT2D eigenvalue weighted by molar-refractivity contribution is -0.167. The van der Waals surface area contributed by atoms with Gasteiger partial charge in [0.05, 0.1) is 0 Å². The van der Waals surface area contributed by atoms with Gasteiger partial charge in [0, 0.05) is 19.3 Å². The zero-order valence-electron chi connectivity index (χ0n) is 39.3. The molecular weight excluding hydrogens is 733 g/mol. The smallest absolute Gasteiger partial charge is 0.306 e. The number of allylic oxidation sites excluding steroid dienone is 6. The van der Waals surface area contributed by atoms with E-state index >= 15 is 0 Å². The molecule has 0 aliphatic rings. The maximum atomic E-state index is 12.8. The van der Waals surface area contributed by atoms with Gasteiger partial charge in [0.2, 0.25) is 0 Å². The fourth-order valence-corrected chi connectivity index (χ4v) is 7.23. The first-order valence-corrected chi connectivity index (χ1v) is 25.5. The summed E-state index contributed by atoms with van der Waals surface area (Å²) in [4.78, 5) is 37.9. The number of unbranched alkanes of at least 4 members (excludes halogenated alkanes) is 29. The minimum Gasteiger partial charge on any atom is -0.462 e. The van der Waals surface area contributed by atoms with Crippen LogP contribution in [0, 0.1) is 0 Å². The minimum atomic E-state index is -0.778. The van der Waals surface area contributed by atoms with Crippen LogP contribution in [-0.4, -0.2) is 37.2 Å². The Kier molecular flexibility index (Phi) is 46.4. The van der Waals surface area contributed by atoms with Gasteiger partial charge in [-0.15, -0.1) is 0 Å². The number of hydrogen-bond donors (Lipinski definition) is 0. The Morgan fingerprint density at radius 3 is 0.983 bits per heavy atom. The first kappa shape index (κ1) is 56.6.